The van der Waals surface area contributed by atoms with Crippen LogP contribution in [-0.4, -0.2) is 7.11 Å². The number of ether oxygens (including phenoxy) is 1. The molecule has 1 aromatic carbocycles. The van der Waals surface area contributed by atoms with Gasteiger partial charge in [-0.2, -0.15) is 0 Å². The fraction of sp³-hybridized carbons (Fsp3) is 0.200. The Hall–Kier alpha value is -0.380. The molecule has 1 aromatic heterocycles. The van der Waals surface area contributed by atoms with Gasteiger partial charge in [-0.3, -0.25) is 0 Å². The zero-order valence-corrected chi connectivity index (χ0v) is 10.2. The molecule has 0 amide bonds. The maximum absolute atomic E-state index is 5.84. The fourth-order valence-electron chi connectivity index (χ4n) is 1.42. The van der Waals surface area contributed by atoms with Crippen LogP contribution in [-0.2, 0) is 0 Å². The lowest BCUT2D eigenvalue weighted by Gasteiger charge is -2.05. The normalized spacial score (nSPS) is 10.8. The predicted octanol–water partition coefficient (Wildman–Crippen LogP) is 4.46. The molecule has 1 nitrogen and oxygen atoms in total. The number of fused-ring (bicyclic) bond motifs is 1. The van der Waals surface area contributed by atoms with Gasteiger partial charge in [-0.15, -0.1) is 11.3 Å². The molecule has 0 spiro atoms. The van der Waals surface area contributed by atoms with Crippen molar-refractivity contribution < 1.29 is 4.74 Å². The van der Waals surface area contributed by atoms with E-state index in [-0.39, 0.29) is 0 Å². The van der Waals surface area contributed by atoms with Crippen LogP contribution in [0.1, 0.15) is 5.56 Å². The van der Waals surface area contributed by atoms with Gasteiger partial charge < -0.3 is 4.74 Å². The van der Waals surface area contributed by atoms with Crippen molar-refractivity contribution in [3.63, 3.8) is 0 Å². The van der Waals surface area contributed by atoms with Gasteiger partial charge in [0.2, 0.25) is 0 Å². The van der Waals surface area contributed by atoms with Crippen molar-refractivity contribution in [3.05, 3.63) is 23.1 Å². The van der Waals surface area contributed by atoms with E-state index in [1.54, 1.807) is 18.4 Å². The van der Waals surface area contributed by atoms with Gasteiger partial charge in [0, 0.05) is 0 Å². The minimum atomic E-state index is 0.847. The minimum absolute atomic E-state index is 0.847. The molecule has 0 radical (unpaired) electrons. The van der Waals surface area contributed by atoms with Crippen LogP contribution in [0, 0.1) is 6.92 Å². The number of benzene rings is 1. The lowest BCUT2D eigenvalue weighted by Crippen LogP contribution is -1.84. The molecule has 0 atom stereocenters. The van der Waals surface area contributed by atoms with Crippen molar-refractivity contribution in [3.8, 4) is 5.75 Å². The van der Waals surface area contributed by atoms with Crippen molar-refractivity contribution >= 4 is 43.1 Å². The standard InChI is InChI=1S/C10H9ClOS2/c1-6-5-13-9-7(6)3-4-8(12-2)10(9)14-11/h3-5H,1-2H3. The Morgan fingerprint density at radius 3 is 2.86 bits per heavy atom. The van der Waals surface area contributed by atoms with Crippen molar-refractivity contribution in [1.82, 2.24) is 0 Å². The molecule has 4 heteroatoms. The third kappa shape index (κ3) is 1.49. The third-order valence-corrected chi connectivity index (χ3v) is 4.43. The Labute approximate surface area is 95.5 Å². The molecule has 0 unspecified atom stereocenters. The number of hydrogen-bond acceptors (Lipinski definition) is 3. The second kappa shape index (κ2) is 4.01. The summed E-state index contributed by atoms with van der Waals surface area (Å²) in [5, 5.41) is 3.40. The highest BCUT2D eigenvalue weighted by Gasteiger charge is 2.10. The summed E-state index contributed by atoms with van der Waals surface area (Å²) >= 11 is 1.71. The number of rotatable bonds is 2. The minimum Gasteiger partial charge on any atom is -0.495 e. The zero-order chi connectivity index (χ0) is 10.1. The summed E-state index contributed by atoms with van der Waals surface area (Å²) in [6.07, 6.45) is 0. The van der Waals surface area contributed by atoms with E-state index in [0.717, 1.165) is 10.6 Å². The molecule has 2 rings (SSSR count). The highest BCUT2D eigenvalue weighted by molar-refractivity contribution is 8.21. The van der Waals surface area contributed by atoms with Crippen molar-refractivity contribution in [2.24, 2.45) is 0 Å². The average molecular weight is 245 g/mol. The summed E-state index contributed by atoms with van der Waals surface area (Å²) in [5.41, 5.74) is 1.29. The topological polar surface area (TPSA) is 9.23 Å². The lowest BCUT2D eigenvalue weighted by molar-refractivity contribution is 0.406. The van der Waals surface area contributed by atoms with Gasteiger partial charge in [-0.05, 0) is 57.0 Å². The Bertz CT molecular complexity index is 464. The van der Waals surface area contributed by atoms with Gasteiger partial charge in [0.25, 0.3) is 0 Å². The Morgan fingerprint density at radius 1 is 1.43 bits per heavy atom. The quantitative estimate of drug-likeness (QED) is 0.771. The summed E-state index contributed by atoms with van der Waals surface area (Å²) in [5.74, 6) is 0.847. The van der Waals surface area contributed by atoms with Crippen LogP contribution in [0.15, 0.2) is 22.4 Å². The van der Waals surface area contributed by atoms with Crippen LogP contribution in [0.5, 0.6) is 5.75 Å². The van der Waals surface area contributed by atoms with Gasteiger partial charge in [-0.1, -0.05) is 0 Å². The maximum atomic E-state index is 5.84. The van der Waals surface area contributed by atoms with Gasteiger partial charge in [0.15, 0.2) is 0 Å². The molecular formula is C10H9ClOS2. The van der Waals surface area contributed by atoms with Gasteiger partial charge in [0.1, 0.15) is 5.75 Å². The first kappa shape index (κ1) is 10.1. The van der Waals surface area contributed by atoms with Crippen molar-refractivity contribution in [1.29, 1.82) is 0 Å². The second-order valence-electron chi connectivity index (χ2n) is 2.97. The number of hydrogen-bond donors (Lipinski definition) is 0. The predicted molar refractivity (Wildman–Crippen MR) is 64.8 cm³/mol. The van der Waals surface area contributed by atoms with Crippen molar-refractivity contribution in [2.75, 3.05) is 7.11 Å². The second-order valence-corrected chi connectivity index (χ2v) is 4.87. The molecule has 14 heavy (non-hydrogen) atoms. The molecular weight excluding hydrogens is 236 g/mol. The molecule has 0 aliphatic carbocycles. The number of methoxy groups -OCH3 is 1. The summed E-state index contributed by atoms with van der Waals surface area (Å²) in [4.78, 5) is 1.02. The Balaban J connectivity index is 2.77. The van der Waals surface area contributed by atoms with Crippen LogP contribution < -0.4 is 4.74 Å². The highest BCUT2D eigenvalue weighted by Crippen LogP contribution is 2.41. The Kier molecular flexibility index (Phi) is 2.91. The van der Waals surface area contributed by atoms with Crippen LogP contribution >= 0.6 is 33.0 Å². The van der Waals surface area contributed by atoms with Crippen LogP contribution in [0.2, 0.25) is 0 Å². The molecule has 0 bridgehead atoms. The third-order valence-electron chi connectivity index (χ3n) is 2.15. The van der Waals surface area contributed by atoms with Crippen LogP contribution in [0.25, 0.3) is 10.1 Å². The largest absolute Gasteiger partial charge is 0.495 e. The number of thiophene rings is 1. The summed E-state index contributed by atoms with van der Waals surface area (Å²) in [6, 6.07) is 4.05. The molecule has 0 saturated carbocycles. The zero-order valence-electron chi connectivity index (χ0n) is 7.83. The maximum Gasteiger partial charge on any atom is 0.135 e. The smallest absolute Gasteiger partial charge is 0.135 e. The highest BCUT2D eigenvalue weighted by atomic mass is 35.7. The van der Waals surface area contributed by atoms with Crippen molar-refractivity contribution in [2.45, 2.75) is 11.8 Å². The monoisotopic (exact) mass is 244 g/mol. The molecule has 74 valence electrons. The molecule has 0 saturated heterocycles. The molecule has 0 aliphatic heterocycles. The number of halogens is 1. The SMILES string of the molecule is COc1ccc2c(C)csc2c1SCl. The molecule has 0 aliphatic rings. The molecule has 0 N–H and O–H groups in total. The van der Waals surface area contributed by atoms with Gasteiger partial charge >= 0.3 is 0 Å². The lowest BCUT2D eigenvalue weighted by atomic mass is 10.2. The van der Waals surface area contributed by atoms with E-state index in [1.165, 1.54) is 26.6 Å². The first-order valence-corrected chi connectivity index (χ1v) is 6.63. The van der Waals surface area contributed by atoms with E-state index >= 15 is 0 Å². The summed E-state index contributed by atoms with van der Waals surface area (Å²) < 4.78 is 6.47. The first-order chi connectivity index (χ1) is 6.77. The van der Waals surface area contributed by atoms with E-state index < -0.39 is 0 Å². The first-order valence-electron chi connectivity index (χ1n) is 4.11. The average Bonchev–Trinajstić information content (AvgIpc) is 2.59. The van der Waals surface area contributed by atoms with Crippen LogP contribution in [0.3, 0.4) is 0 Å². The summed E-state index contributed by atoms with van der Waals surface area (Å²) in [7, 11) is 8.73. The molecule has 0 fully saturated rings. The van der Waals surface area contributed by atoms with E-state index in [2.05, 4.69) is 18.4 Å². The van der Waals surface area contributed by atoms with Gasteiger partial charge in [0.05, 0.1) is 16.7 Å². The Morgan fingerprint density at radius 2 is 2.21 bits per heavy atom. The molecule has 2 aromatic rings. The van der Waals surface area contributed by atoms with E-state index in [0.29, 0.717) is 0 Å². The molecule has 1 heterocycles. The van der Waals surface area contributed by atoms with Crippen LogP contribution in [0.4, 0.5) is 0 Å². The van der Waals surface area contributed by atoms with E-state index in [9.17, 15) is 0 Å². The van der Waals surface area contributed by atoms with E-state index in [4.69, 9.17) is 15.4 Å². The summed E-state index contributed by atoms with van der Waals surface area (Å²) in [6.45, 7) is 2.11. The van der Waals surface area contributed by atoms with Gasteiger partial charge in [-0.25, -0.2) is 0 Å². The number of aryl methyl sites for hydroxylation is 1. The van der Waals surface area contributed by atoms with E-state index in [1.807, 2.05) is 6.07 Å². The fourth-order valence-corrected chi connectivity index (χ4v) is 3.68.